The summed E-state index contributed by atoms with van der Waals surface area (Å²) in [5, 5.41) is 6.07. The summed E-state index contributed by atoms with van der Waals surface area (Å²) in [5.41, 5.74) is 2.48. The molecule has 0 spiro atoms. The highest BCUT2D eigenvalue weighted by Gasteiger charge is 2.25. The number of hydrogen-bond donors (Lipinski definition) is 2. The zero-order valence-corrected chi connectivity index (χ0v) is 17.0. The second-order valence-corrected chi connectivity index (χ2v) is 8.38. The van der Waals surface area contributed by atoms with Crippen LogP contribution in [0.15, 0.2) is 24.3 Å². The van der Waals surface area contributed by atoms with Gasteiger partial charge in [-0.3, -0.25) is 4.90 Å². The number of carbonyl (C=O) groups is 1. The summed E-state index contributed by atoms with van der Waals surface area (Å²) in [4.78, 5) is 14.8. The topological polar surface area (TPSA) is 53.6 Å². The van der Waals surface area contributed by atoms with Crippen LogP contribution >= 0.6 is 0 Å². The minimum atomic E-state index is -0.0903. The summed E-state index contributed by atoms with van der Waals surface area (Å²) in [5.74, 6) is 0. The molecular weight excluding hydrogens is 338 g/mol. The van der Waals surface area contributed by atoms with Gasteiger partial charge in [0.25, 0.3) is 0 Å². The summed E-state index contributed by atoms with van der Waals surface area (Å²) in [6.45, 7) is 9.24. The second-order valence-electron chi connectivity index (χ2n) is 8.38. The third-order valence-corrected chi connectivity index (χ3v) is 5.84. The van der Waals surface area contributed by atoms with Gasteiger partial charge in [-0.2, -0.15) is 0 Å². The molecule has 2 aliphatic rings. The molecule has 27 heavy (non-hydrogen) atoms. The molecule has 3 atom stereocenters. The van der Waals surface area contributed by atoms with Crippen LogP contribution in [0.25, 0.3) is 0 Å². The lowest BCUT2D eigenvalue weighted by Crippen LogP contribution is -2.47. The maximum absolute atomic E-state index is 12.2. The average Bonchev–Trinajstić information content (AvgIpc) is 2.62. The largest absolute Gasteiger partial charge is 0.375 e. The van der Waals surface area contributed by atoms with Crippen LogP contribution in [0.5, 0.6) is 0 Å². The van der Waals surface area contributed by atoms with Crippen LogP contribution in [0.2, 0.25) is 0 Å². The Morgan fingerprint density at radius 1 is 1.07 bits per heavy atom. The number of nitrogens with zero attached hydrogens (tertiary/aromatic N) is 1. The van der Waals surface area contributed by atoms with Gasteiger partial charge in [-0.1, -0.05) is 30.7 Å². The fourth-order valence-electron chi connectivity index (χ4n) is 4.33. The molecule has 5 heteroatoms. The number of ether oxygens (including phenoxy) is 1. The van der Waals surface area contributed by atoms with Crippen LogP contribution in [-0.2, 0) is 17.8 Å². The van der Waals surface area contributed by atoms with E-state index in [0.717, 1.165) is 24.9 Å². The SMILES string of the molecule is CC1CC(NC(=O)NCc2ccc(CN3CCCCC3C)cc2)CC(C)O1. The quantitative estimate of drug-likeness (QED) is 0.825. The Morgan fingerprint density at radius 2 is 1.74 bits per heavy atom. The van der Waals surface area contributed by atoms with Crippen molar-refractivity contribution in [1.82, 2.24) is 15.5 Å². The van der Waals surface area contributed by atoms with E-state index in [2.05, 4.69) is 60.6 Å². The molecule has 2 fully saturated rings. The molecule has 3 rings (SSSR count). The Balaban J connectivity index is 1.42. The van der Waals surface area contributed by atoms with Gasteiger partial charge in [0.1, 0.15) is 0 Å². The summed E-state index contributed by atoms with van der Waals surface area (Å²) in [6, 6.07) is 9.42. The molecular formula is C22H35N3O2. The van der Waals surface area contributed by atoms with E-state index in [1.165, 1.54) is 31.4 Å². The van der Waals surface area contributed by atoms with Gasteiger partial charge in [0, 0.05) is 25.2 Å². The molecule has 0 saturated carbocycles. The Hall–Kier alpha value is -1.59. The van der Waals surface area contributed by atoms with E-state index in [1.807, 2.05) is 0 Å². The lowest BCUT2D eigenvalue weighted by atomic mass is 10.0. The predicted molar refractivity (Wildman–Crippen MR) is 109 cm³/mol. The van der Waals surface area contributed by atoms with E-state index in [9.17, 15) is 4.79 Å². The van der Waals surface area contributed by atoms with Gasteiger partial charge in [-0.25, -0.2) is 4.79 Å². The highest BCUT2D eigenvalue weighted by molar-refractivity contribution is 5.74. The number of rotatable bonds is 5. The number of amides is 2. The molecule has 5 nitrogen and oxygen atoms in total. The van der Waals surface area contributed by atoms with Crippen molar-refractivity contribution in [3.05, 3.63) is 35.4 Å². The number of urea groups is 1. The van der Waals surface area contributed by atoms with Crippen molar-refractivity contribution in [2.45, 2.75) is 90.3 Å². The van der Waals surface area contributed by atoms with Crippen LogP contribution in [0, 0.1) is 0 Å². The first kappa shape index (κ1) is 20.2. The highest BCUT2D eigenvalue weighted by Crippen LogP contribution is 2.20. The first-order valence-electron chi connectivity index (χ1n) is 10.5. The van der Waals surface area contributed by atoms with E-state index in [0.29, 0.717) is 12.6 Å². The fraction of sp³-hybridized carbons (Fsp3) is 0.682. The number of likely N-dealkylation sites (tertiary alicyclic amines) is 1. The third kappa shape index (κ3) is 6.22. The highest BCUT2D eigenvalue weighted by atomic mass is 16.5. The van der Waals surface area contributed by atoms with Crippen LogP contribution in [0.1, 0.15) is 64.0 Å². The number of nitrogens with one attached hydrogen (secondary N) is 2. The minimum absolute atomic E-state index is 0.0903. The Labute approximate surface area is 163 Å². The van der Waals surface area contributed by atoms with Crippen LogP contribution in [0.3, 0.4) is 0 Å². The molecule has 2 saturated heterocycles. The van der Waals surface area contributed by atoms with Crippen molar-refractivity contribution >= 4 is 6.03 Å². The minimum Gasteiger partial charge on any atom is -0.375 e. The Kier molecular flexibility index (Phi) is 7.13. The van der Waals surface area contributed by atoms with Crippen LogP contribution in [0.4, 0.5) is 4.79 Å². The van der Waals surface area contributed by atoms with Crippen molar-refractivity contribution in [2.75, 3.05) is 6.54 Å². The number of piperidine rings is 1. The van der Waals surface area contributed by atoms with Crippen LogP contribution < -0.4 is 10.6 Å². The molecule has 2 amide bonds. The molecule has 1 aromatic rings. The van der Waals surface area contributed by atoms with E-state index in [1.54, 1.807) is 0 Å². The third-order valence-electron chi connectivity index (χ3n) is 5.84. The molecule has 0 radical (unpaired) electrons. The molecule has 2 heterocycles. The van der Waals surface area contributed by atoms with Gasteiger partial charge in [-0.05, 0) is 64.1 Å². The summed E-state index contributed by atoms with van der Waals surface area (Å²) >= 11 is 0. The first-order valence-corrected chi connectivity index (χ1v) is 10.5. The van der Waals surface area contributed by atoms with Gasteiger partial charge >= 0.3 is 6.03 Å². The van der Waals surface area contributed by atoms with Gasteiger partial charge in [-0.15, -0.1) is 0 Å². The number of hydrogen-bond acceptors (Lipinski definition) is 3. The maximum Gasteiger partial charge on any atom is 0.315 e. The standard InChI is InChI=1S/C22H35N3O2/c1-16-6-4-5-11-25(16)15-20-9-7-19(8-10-20)14-23-22(26)24-21-12-17(2)27-18(3)13-21/h7-10,16-18,21H,4-6,11-15H2,1-3H3,(H2,23,24,26). The van der Waals surface area contributed by atoms with E-state index >= 15 is 0 Å². The van der Waals surface area contributed by atoms with Crippen molar-refractivity contribution in [2.24, 2.45) is 0 Å². The van der Waals surface area contributed by atoms with E-state index < -0.39 is 0 Å². The first-order chi connectivity index (χ1) is 13.0. The van der Waals surface area contributed by atoms with E-state index in [-0.39, 0.29) is 24.3 Å². The van der Waals surface area contributed by atoms with Crippen molar-refractivity contribution in [1.29, 1.82) is 0 Å². The lowest BCUT2D eigenvalue weighted by molar-refractivity contribution is -0.0402. The monoisotopic (exact) mass is 373 g/mol. The lowest BCUT2D eigenvalue weighted by Gasteiger charge is -2.33. The zero-order chi connectivity index (χ0) is 19.2. The predicted octanol–water partition coefficient (Wildman–Crippen LogP) is 3.82. The molecule has 1 aromatic carbocycles. The summed E-state index contributed by atoms with van der Waals surface area (Å²) in [7, 11) is 0. The molecule has 2 aliphatic heterocycles. The molecule has 2 N–H and O–H groups in total. The van der Waals surface area contributed by atoms with Gasteiger partial charge in [0.15, 0.2) is 0 Å². The second kappa shape index (κ2) is 9.56. The maximum atomic E-state index is 12.2. The van der Waals surface area contributed by atoms with Gasteiger partial charge in [0.05, 0.1) is 12.2 Å². The smallest absolute Gasteiger partial charge is 0.315 e. The molecule has 0 aliphatic carbocycles. The molecule has 0 aromatic heterocycles. The van der Waals surface area contributed by atoms with E-state index in [4.69, 9.17) is 4.74 Å². The van der Waals surface area contributed by atoms with Gasteiger partial charge < -0.3 is 15.4 Å². The van der Waals surface area contributed by atoms with Gasteiger partial charge in [0.2, 0.25) is 0 Å². The molecule has 150 valence electrons. The Bertz CT molecular complexity index is 594. The van der Waals surface area contributed by atoms with Crippen molar-refractivity contribution in [3.8, 4) is 0 Å². The Morgan fingerprint density at radius 3 is 2.41 bits per heavy atom. The van der Waals surface area contributed by atoms with Crippen LogP contribution in [-0.4, -0.2) is 41.8 Å². The fourth-order valence-corrected chi connectivity index (χ4v) is 4.33. The molecule has 3 unspecified atom stereocenters. The summed E-state index contributed by atoms with van der Waals surface area (Å²) in [6.07, 6.45) is 6.13. The molecule has 0 bridgehead atoms. The normalized spacial score (nSPS) is 29.3. The number of carbonyl (C=O) groups excluding carboxylic acids is 1. The number of benzene rings is 1. The summed E-state index contributed by atoms with van der Waals surface area (Å²) < 4.78 is 5.72. The van der Waals surface area contributed by atoms with Crippen molar-refractivity contribution < 1.29 is 9.53 Å². The average molecular weight is 374 g/mol. The zero-order valence-electron chi connectivity index (χ0n) is 17.0. The van der Waals surface area contributed by atoms with Crippen molar-refractivity contribution in [3.63, 3.8) is 0 Å².